The number of carbonyl (C=O) groups is 1. The van der Waals surface area contributed by atoms with Gasteiger partial charge in [-0.25, -0.2) is 0 Å². The summed E-state index contributed by atoms with van der Waals surface area (Å²) in [5.74, 6) is -0.313. The van der Waals surface area contributed by atoms with Crippen molar-refractivity contribution in [2.75, 3.05) is 0 Å². The normalized spacial score (nSPS) is 12.8. The fraction of sp³-hybridized carbons (Fsp3) is 0.480. The van der Waals surface area contributed by atoms with E-state index in [0.29, 0.717) is 12.3 Å². The minimum Gasteiger partial charge on any atom is -0.481 e. The molecule has 2 aromatic heterocycles. The van der Waals surface area contributed by atoms with E-state index < -0.39 is 11.4 Å². The largest absolute Gasteiger partial charge is 0.481 e. The molecule has 0 fully saturated rings. The number of thiophene rings is 1. The van der Waals surface area contributed by atoms with E-state index in [9.17, 15) is 9.90 Å². The van der Waals surface area contributed by atoms with Gasteiger partial charge in [-0.15, -0.1) is 23.1 Å². The smallest absolute Gasteiger partial charge is 0.309 e. The number of hydrogen-bond acceptors (Lipinski definition) is 3. The van der Waals surface area contributed by atoms with Gasteiger partial charge in [-0.1, -0.05) is 46.8 Å². The minimum atomic E-state index is -0.838. The molecule has 0 bridgehead atoms. The standard InChI is InChI=1S/C25H33NO2S2/c1-16(2)17-10-11-20-19(13-17)22(30-24(3,4)5)21(14-25(6,7)23(27)28)26(20)15-18-9-8-12-29-18/h8-13,16H,14-15H2,1-7H3,(H,27,28). The predicted octanol–water partition coefficient (Wildman–Crippen LogP) is 7.42. The van der Waals surface area contributed by atoms with Crippen molar-refractivity contribution in [2.45, 2.75) is 77.0 Å². The average molecular weight is 444 g/mol. The highest BCUT2D eigenvalue weighted by atomic mass is 32.2. The summed E-state index contributed by atoms with van der Waals surface area (Å²) in [6.07, 6.45) is 0.498. The van der Waals surface area contributed by atoms with Crippen molar-refractivity contribution in [1.82, 2.24) is 4.57 Å². The highest BCUT2D eigenvalue weighted by Gasteiger charge is 2.32. The lowest BCUT2D eigenvalue weighted by Crippen LogP contribution is -2.28. The van der Waals surface area contributed by atoms with Crippen LogP contribution in [0.15, 0.2) is 40.6 Å². The molecule has 3 nitrogen and oxygen atoms in total. The lowest BCUT2D eigenvalue weighted by Gasteiger charge is -2.24. The SMILES string of the molecule is CC(C)c1ccc2c(c1)c(SC(C)(C)C)c(CC(C)(C)C(=O)O)n2Cc1cccs1. The Morgan fingerprint density at radius 2 is 1.87 bits per heavy atom. The summed E-state index contributed by atoms with van der Waals surface area (Å²) < 4.78 is 2.38. The first-order valence-electron chi connectivity index (χ1n) is 10.5. The second-order valence-electron chi connectivity index (χ2n) is 9.95. The van der Waals surface area contributed by atoms with Crippen molar-refractivity contribution in [3.8, 4) is 0 Å². The molecule has 0 aliphatic carbocycles. The number of fused-ring (bicyclic) bond motifs is 1. The summed E-state index contributed by atoms with van der Waals surface area (Å²) in [4.78, 5) is 14.5. The zero-order valence-corrected chi connectivity index (χ0v) is 20.7. The van der Waals surface area contributed by atoms with E-state index in [-0.39, 0.29) is 4.75 Å². The zero-order chi connectivity index (χ0) is 22.3. The molecule has 0 spiro atoms. The van der Waals surface area contributed by atoms with Crippen LogP contribution in [-0.4, -0.2) is 20.4 Å². The number of carboxylic acid groups (broad SMARTS) is 1. The molecular weight excluding hydrogens is 410 g/mol. The molecular formula is C25H33NO2S2. The summed E-state index contributed by atoms with van der Waals surface area (Å²) in [7, 11) is 0. The molecule has 3 rings (SSSR count). The molecule has 3 aromatic rings. The van der Waals surface area contributed by atoms with Crippen LogP contribution in [0.4, 0.5) is 0 Å². The van der Waals surface area contributed by atoms with Gasteiger partial charge < -0.3 is 9.67 Å². The maximum Gasteiger partial charge on any atom is 0.309 e. The quantitative estimate of drug-likeness (QED) is 0.386. The van der Waals surface area contributed by atoms with Gasteiger partial charge in [0, 0.05) is 37.5 Å². The van der Waals surface area contributed by atoms with E-state index in [1.807, 2.05) is 25.6 Å². The maximum atomic E-state index is 12.0. The van der Waals surface area contributed by atoms with E-state index in [0.717, 1.165) is 12.2 Å². The van der Waals surface area contributed by atoms with Crippen molar-refractivity contribution in [3.05, 3.63) is 51.8 Å². The van der Waals surface area contributed by atoms with E-state index in [4.69, 9.17) is 0 Å². The number of aliphatic carboxylic acids is 1. The lowest BCUT2D eigenvalue weighted by atomic mass is 9.88. The highest BCUT2D eigenvalue weighted by Crippen LogP contribution is 2.44. The fourth-order valence-corrected chi connectivity index (χ4v) is 5.46. The molecule has 0 atom stereocenters. The van der Waals surface area contributed by atoms with E-state index in [2.05, 4.69) is 74.9 Å². The third-order valence-electron chi connectivity index (χ3n) is 5.30. The summed E-state index contributed by atoms with van der Waals surface area (Å²) in [6, 6.07) is 11.0. The number of nitrogens with zero attached hydrogens (tertiary/aromatic N) is 1. The fourth-order valence-electron chi connectivity index (χ4n) is 3.58. The lowest BCUT2D eigenvalue weighted by molar-refractivity contribution is -0.146. The Hall–Kier alpha value is -1.72. The minimum absolute atomic E-state index is 0.0258. The van der Waals surface area contributed by atoms with Gasteiger partial charge >= 0.3 is 5.97 Å². The molecule has 2 heterocycles. The molecule has 0 saturated heterocycles. The average Bonchev–Trinajstić information content (AvgIpc) is 3.22. The van der Waals surface area contributed by atoms with Gasteiger partial charge in [-0.2, -0.15) is 0 Å². The molecule has 0 radical (unpaired) electrons. The number of hydrogen-bond donors (Lipinski definition) is 1. The van der Waals surface area contributed by atoms with Gasteiger partial charge in [0.2, 0.25) is 0 Å². The Kier molecular flexibility index (Phi) is 6.45. The Morgan fingerprint density at radius 3 is 2.40 bits per heavy atom. The molecule has 1 N–H and O–H groups in total. The number of carboxylic acids is 1. The van der Waals surface area contributed by atoms with Crippen LogP contribution in [0.2, 0.25) is 0 Å². The molecule has 0 aliphatic heterocycles. The third kappa shape index (κ3) is 4.94. The second-order valence-corrected chi connectivity index (χ2v) is 12.8. The first-order chi connectivity index (χ1) is 13.9. The van der Waals surface area contributed by atoms with Crippen LogP contribution in [0.3, 0.4) is 0 Å². The number of rotatable bonds is 7. The zero-order valence-electron chi connectivity index (χ0n) is 19.1. The van der Waals surface area contributed by atoms with Crippen molar-refractivity contribution in [3.63, 3.8) is 0 Å². The Balaban J connectivity index is 2.30. The predicted molar refractivity (Wildman–Crippen MR) is 130 cm³/mol. The molecule has 5 heteroatoms. The molecule has 30 heavy (non-hydrogen) atoms. The van der Waals surface area contributed by atoms with Crippen molar-refractivity contribution >= 4 is 40.0 Å². The number of aromatic nitrogens is 1. The topological polar surface area (TPSA) is 42.2 Å². The van der Waals surface area contributed by atoms with Gasteiger partial charge in [-0.05, 0) is 48.9 Å². The summed E-state index contributed by atoms with van der Waals surface area (Å²) >= 11 is 3.60. The van der Waals surface area contributed by atoms with E-state index in [1.165, 1.54) is 26.2 Å². The second kappa shape index (κ2) is 8.43. The molecule has 0 saturated carbocycles. The summed E-state index contributed by atoms with van der Waals surface area (Å²) in [5.41, 5.74) is 2.80. The molecule has 0 amide bonds. The van der Waals surface area contributed by atoms with Gasteiger partial charge in [-0.3, -0.25) is 4.79 Å². The van der Waals surface area contributed by atoms with Crippen LogP contribution in [0.1, 0.15) is 70.5 Å². The van der Waals surface area contributed by atoms with Crippen LogP contribution in [0.5, 0.6) is 0 Å². The van der Waals surface area contributed by atoms with Gasteiger partial charge in [0.05, 0.1) is 12.0 Å². The van der Waals surface area contributed by atoms with Crippen molar-refractivity contribution < 1.29 is 9.90 Å². The van der Waals surface area contributed by atoms with Crippen molar-refractivity contribution in [2.24, 2.45) is 5.41 Å². The van der Waals surface area contributed by atoms with Crippen LogP contribution < -0.4 is 0 Å². The molecule has 0 aliphatic rings. The number of thioether (sulfide) groups is 1. The Bertz CT molecular complexity index is 1040. The highest BCUT2D eigenvalue weighted by molar-refractivity contribution is 8.00. The first kappa shape index (κ1) is 23.0. The Morgan fingerprint density at radius 1 is 1.17 bits per heavy atom. The van der Waals surface area contributed by atoms with E-state index in [1.54, 1.807) is 11.3 Å². The maximum absolute atomic E-state index is 12.0. The summed E-state index contributed by atoms with van der Waals surface area (Å²) in [5, 5.41) is 13.2. The number of benzene rings is 1. The molecule has 0 unspecified atom stereocenters. The van der Waals surface area contributed by atoms with Gasteiger partial charge in [0.15, 0.2) is 0 Å². The third-order valence-corrected chi connectivity index (χ3v) is 7.43. The molecule has 1 aromatic carbocycles. The monoisotopic (exact) mass is 443 g/mol. The Labute approximate surface area is 188 Å². The summed E-state index contributed by atoms with van der Waals surface area (Å²) in [6.45, 7) is 15.5. The van der Waals surface area contributed by atoms with Crippen LogP contribution in [0, 0.1) is 5.41 Å². The van der Waals surface area contributed by atoms with E-state index >= 15 is 0 Å². The van der Waals surface area contributed by atoms with Gasteiger partial charge in [0.1, 0.15) is 0 Å². The van der Waals surface area contributed by atoms with Gasteiger partial charge in [0.25, 0.3) is 0 Å². The van der Waals surface area contributed by atoms with Crippen LogP contribution >= 0.6 is 23.1 Å². The van der Waals surface area contributed by atoms with Crippen molar-refractivity contribution in [1.29, 1.82) is 0 Å². The first-order valence-corrected chi connectivity index (χ1v) is 12.2. The van der Waals surface area contributed by atoms with Crippen LogP contribution in [0.25, 0.3) is 10.9 Å². The van der Waals surface area contributed by atoms with Crippen LogP contribution in [-0.2, 0) is 17.8 Å². The molecule has 162 valence electrons.